The first kappa shape index (κ1) is 5.22. The topological polar surface area (TPSA) is 20.1 Å². The molecule has 0 saturated carbocycles. The summed E-state index contributed by atoms with van der Waals surface area (Å²) in [6, 6.07) is 0. The van der Waals surface area contributed by atoms with Crippen molar-refractivity contribution in [2.75, 3.05) is 7.05 Å². The number of carbonyl (C=O) groups is 1. The number of rotatable bonds is 0. The summed E-state index contributed by atoms with van der Waals surface area (Å²) in [5, 5.41) is 0. The van der Waals surface area contributed by atoms with Gasteiger partial charge in [0.25, 0.3) is 0 Å². The molecule has 0 aromatic heterocycles. The minimum Gasteiger partial charge on any atom is -0.219 e. The average molecular weight is 110 g/mol. The monoisotopic (exact) mass is 110 g/mol. The molecule has 1 rings (SSSR count). The lowest BCUT2D eigenvalue weighted by Crippen LogP contribution is -2.18. The maximum absolute atomic E-state index is 10.6. The highest BCUT2D eigenvalue weighted by atomic mass is 16.2. The van der Waals surface area contributed by atoms with E-state index in [-0.39, 0.29) is 5.91 Å². The first-order valence-electron chi connectivity index (χ1n) is 2.56. The summed E-state index contributed by atoms with van der Waals surface area (Å²) < 4.78 is 1.58. The lowest BCUT2D eigenvalue weighted by Gasteiger charge is -1.92. The Morgan fingerprint density at radius 1 is 1.75 bits per heavy atom. The summed E-state index contributed by atoms with van der Waals surface area (Å²) >= 11 is 0. The third kappa shape index (κ3) is 0.832. The summed E-state index contributed by atoms with van der Waals surface area (Å²) in [5.74, 6) is 0.160. The molecule has 2 heteroatoms. The van der Waals surface area contributed by atoms with Crippen LogP contribution in [0.5, 0.6) is 0 Å². The zero-order valence-corrected chi connectivity index (χ0v) is 4.79. The number of carbonyl (C=O) groups excluding carboxylic acids is 1. The van der Waals surface area contributed by atoms with E-state index < -0.39 is 0 Å². The normalized spacial score (nSPS) is 18.6. The molecule has 0 N–H and O–H groups in total. The summed E-state index contributed by atoms with van der Waals surface area (Å²) in [6.07, 6.45) is 6.03. The Morgan fingerprint density at radius 3 is 2.88 bits per heavy atom. The number of nitrogens with zero attached hydrogens (tertiary/aromatic N) is 1. The van der Waals surface area contributed by atoms with E-state index >= 15 is 0 Å². The van der Waals surface area contributed by atoms with Gasteiger partial charge in [-0.05, 0) is 6.08 Å². The van der Waals surface area contributed by atoms with Crippen LogP contribution >= 0.6 is 0 Å². The molecular formula is C6H8NO+. The Kier molecular flexibility index (Phi) is 1.24. The van der Waals surface area contributed by atoms with Gasteiger partial charge in [-0.2, -0.15) is 4.58 Å². The van der Waals surface area contributed by atoms with Gasteiger partial charge in [0.1, 0.15) is 7.05 Å². The van der Waals surface area contributed by atoms with Gasteiger partial charge in [0, 0.05) is 0 Å². The predicted octanol–water partition coefficient (Wildman–Crippen LogP) is 0.186. The standard InChI is InChI=1S/C6H8NO/c1-7-5-3-2-4-6(7)8/h2-3,5H,4H2,1H3/q+1. The van der Waals surface area contributed by atoms with Gasteiger partial charge in [0.2, 0.25) is 0 Å². The molecule has 0 aromatic rings. The first-order chi connectivity index (χ1) is 3.80. The number of hydrogen-bond acceptors (Lipinski definition) is 1. The second kappa shape index (κ2) is 1.90. The van der Waals surface area contributed by atoms with E-state index in [0.29, 0.717) is 6.42 Å². The van der Waals surface area contributed by atoms with Crippen molar-refractivity contribution >= 4 is 12.1 Å². The summed E-state index contributed by atoms with van der Waals surface area (Å²) in [5.41, 5.74) is 0. The molecule has 0 saturated heterocycles. The van der Waals surface area contributed by atoms with Gasteiger partial charge in [-0.25, -0.2) is 4.79 Å². The first-order valence-corrected chi connectivity index (χ1v) is 2.56. The molecule has 0 aliphatic carbocycles. The van der Waals surface area contributed by atoms with Crippen molar-refractivity contribution < 1.29 is 9.37 Å². The highest BCUT2D eigenvalue weighted by Gasteiger charge is 2.10. The molecule has 0 aromatic carbocycles. The van der Waals surface area contributed by atoms with E-state index in [1.54, 1.807) is 17.8 Å². The Morgan fingerprint density at radius 2 is 2.50 bits per heavy atom. The van der Waals surface area contributed by atoms with Gasteiger partial charge < -0.3 is 0 Å². The average Bonchev–Trinajstić information content (AvgIpc) is 1.77. The SMILES string of the molecule is C[N+]1=CC=CCC1=O. The van der Waals surface area contributed by atoms with Crippen molar-refractivity contribution in [2.24, 2.45) is 0 Å². The van der Waals surface area contributed by atoms with Crippen molar-refractivity contribution in [2.45, 2.75) is 6.42 Å². The van der Waals surface area contributed by atoms with Crippen LogP contribution < -0.4 is 0 Å². The zero-order valence-electron chi connectivity index (χ0n) is 4.79. The van der Waals surface area contributed by atoms with Crippen molar-refractivity contribution in [3.05, 3.63) is 12.2 Å². The van der Waals surface area contributed by atoms with Crippen LogP contribution in [0, 0.1) is 0 Å². The Labute approximate surface area is 48.1 Å². The van der Waals surface area contributed by atoms with Crippen molar-refractivity contribution in [1.29, 1.82) is 0 Å². The Hall–Kier alpha value is -0.920. The van der Waals surface area contributed by atoms with Crippen molar-refractivity contribution in [3.63, 3.8) is 0 Å². The van der Waals surface area contributed by atoms with Crippen LogP contribution in [0.3, 0.4) is 0 Å². The number of hydrogen-bond donors (Lipinski definition) is 0. The summed E-state index contributed by atoms with van der Waals surface area (Å²) in [7, 11) is 1.76. The second-order valence-corrected chi connectivity index (χ2v) is 1.79. The molecule has 0 unspecified atom stereocenters. The van der Waals surface area contributed by atoms with Gasteiger partial charge in [0.05, 0.1) is 6.42 Å². The molecular weight excluding hydrogens is 102 g/mol. The van der Waals surface area contributed by atoms with Gasteiger partial charge in [-0.15, -0.1) is 0 Å². The van der Waals surface area contributed by atoms with Crippen LogP contribution in [-0.4, -0.2) is 23.7 Å². The lowest BCUT2D eigenvalue weighted by molar-refractivity contribution is -0.413. The molecule has 0 fully saturated rings. The number of amides is 1. The fourth-order valence-electron chi connectivity index (χ4n) is 0.586. The predicted molar refractivity (Wildman–Crippen MR) is 31.0 cm³/mol. The van der Waals surface area contributed by atoms with Gasteiger partial charge >= 0.3 is 5.91 Å². The summed E-state index contributed by atoms with van der Waals surface area (Å²) in [4.78, 5) is 10.6. The molecule has 1 heterocycles. The molecule has 0 radical (unpaired) electrons. The highest BCUT2D eigenvalue weighted by Crippen LogP contribution is 1.89. The van der Waals surface area contributed by atoms with Crippen LogP contribution in [0.4, 0.5) is 0 Å². The molecule has 0 spiro atoms. The van der Waals surface area contributed by atoms with E-state index in [2.05, 4.69) is 0 Å². The Balaban J connectivity index is 2.80. The molecule has 1 aliphatic rings. The van der Waals surface area contributed by atoms with Gasteiger partial charge in [-0.3, -0.25) is 0 Å². The van der Waals surface area contributed by atoms with E-state index in [4.69, 9.17) is 0 Å². The van der Waals surface area contributed by atoms with Crippen molar-refractivity contribution in [1.82, 2.24) is 0 Å². The van der Waals surface area contributed by atoms with Crippen LogP contribution in [0.2, 0.25) is 0 Å². The maximum Gasteiger partial charge on any atom is 0.390 e. The minimum atomic E-state index is 0.160. The van der Waals surface area contributed by atoms with Crippen LogP contribution in [0.25, 0.3) is 0 Å². The van der Waals surface area contributed by atoms with Crippen molar-refractivity contribution in [3.8, 4) is 0 Å². The third-order valence-corrected chi connectivity index (χ3v) is 1.13. The van der Waals surface area contributed by atoms with Crippen LogP contribution in [-0.2, 0) is 4.79 Å². The lowest BCUT2D eigenvalue weighted by atomic mass is 10.3. The largest absolute Gasteiger partial charge is 0.390 e. The molecule has 42 valence electrons. The minimum absolute atomic E-state index is 0.160. The highest BCUT2D eigenvalue weighted by molar-refractivity contribution is 5.81. The van der Waals surface area contributed by atoms with Crippen LogP contribution in [0.1, 0.15) is 6.42 Å². The zero-order chi connectivity index (χ0) is 5.98. The van der Waals surface area contributed by atoms with Gasteiger partial charge in [-0.1, -0.05) is 6.08 Å². The van der Waals surface area contributed by atoms with E-state index in [9.17, 15) is 4.79 Å². The molecule has 8 heavy (non-hydrogen) atoms. The summed E-state index contributed by atoms with van der Waals surface area (Å²) in [6.45, 7) is 0. The fraction of sp³-hybridized carbons (Fsp3) is 0.333. The quantitative estimate of drug-likeness (QED) is 0.407. The van der Waals surface area contributed by atoms with E-state index in [1.165, 1.54) is 0 Å². The van der Waals surface area contributed by atoms with E-state index in [0.717, 1.165) is 0 Å². The van der Waals surface area contributed by atoms with Gasteiger partial charge in [0.15, 0.2) is 6.21 Å². The van der Waals surface area contributed by atoms with E-state index in [1.807, 2.05) is 12.2 Å². The Bertz CT molecular complexity index is 167. The van der Waals surface area contributed by atoms with Crippen LogP contribution in [0.15, 0.2) is 12.2 Å². The smallest absolute Gasteiger partial charge is 0.219 e. The molecule has 2 nitrogen and oxygen atoms in total. The molecule has 1 amide bonds. The molecule has 0 bridgehead atoms. The third-order valence-electron chi connectivity index (χ3n) is 1.13. The molecule has 1 aliphatic heterocycles. The number of allylic oxidation sites excluding steroid dienone is 1. The maximum atomic E-state index is 10.6. The molecule has 0 atom stereocenters. The second-order valence-electron chi connectivity index (χ2n) is 1.79. The fourth-order valence-corrected chi connectivity index (χ4v) is 0.586.